The van der Waals surface area contributed by atoms with Crippen molar-refractivity contribution in [3.05, 3.63) is 59.7 Å². The maximum absolute atomic E-state index is 12.2. The molecule has 1 heterocycles. The molecule has 0 atom stereocenters. The first kappa shape index (κ1) is 19.7. The molecular formula is C22H28N4O2. The number of amides is 1. The van der Waals surface area contributed by atoms with E-state index in [4.69, 9.17) is 4.74 Å². The molecule has 0 spiro atoms. The Morgan fingerprint density at radius 3 is 2.75 bits per heavy atom. The summed E-state index contributed by atoms with van der Waals surface area (Å²) in [6.45, 7) is 4.39. The number of carbonyl (C=O) groups is 1. The van der Waals surface area contributed by atoms with Crippen LogP contribution in [0.15, 0.2) is 53.5 Å². The Morgan fingerprint density at radius 1 is 1.21 bits per heavy atom. The summed E-state index contributed by atoms with van der Waals surface area (Å²) in [5.74, 6) is 1.61. The van der Waals surface area contributed by atoms with E-state index in [-0.39, 0.29) is 12.5 Å². The molecular weight excluding hydrogens is 352 g/mol. The van der Waals surface area contributed by atoms with E-state index in [0.29, 0.717) is 6.54 Å². The zero-order valence-electron chi connectivity index (χ0n) is 16.8. The van der Waals surface area contributed by atoms with Gasteiger partial charge in [-0.05, 0) is 36.6 Å². The summed E-state index contributed by atoms with van der Waals surface area (Å²) in [5, 5.41) is 3.39. The molecule has 1 aliphatic heterocycles. The molecule has 0 unspecified atom stereocenters. The SMILES string of the molecule is CN=C(NCCCN1C(=O)COc2ccccc21)N(C)Cc1ccccc1C. The third-order valence-electron chi connectivity index (χ3n) is 4.89. The molecule has 0 saturated heterocycles. The number of fused-ring (bicyclic) bond motifs is 1. The Bertz CT molecular complexity index is 850. The van der Waals surface area contributed by atoms with Gasteiger partial charge >= 0.3 is 0 Å². The number of anilines is 1. The van der Waals surface area contributed by atoms with Crippen LogP contribution < -0.4 is 15.0 Å². The minimum Gasteiger partial charge on any atom is -0.482 e. The Labute approximate surface area is 166 Å². The number of rotatable bonds is 6. The van der Waals surface area contributed by atoms with E-state index in [1.807, 2.05) is 31.3 Å². The van der Waals surface area contributed by atoms with Gasteiger partial charge in [-0.3, -0.25) is 9.79 Å². The number of ether oxygens (including phenoxy) is 1. The second kappa shape index (κ2) is 9.26. The quantitative estimate of drug-likeness (QED) is 0.476. The fourth-order valence-electron chi connectivity index (χ4n) is 3.34. The number of guanidine groups is 1. The molecule has 0 aromatic heterocycles. The van der Waals surface area contributed by atoms with Gasteiger partial charge in [-0.2, -0.15) is 0 Å². The maximum Gasteiger partial charge on any atom is 0.265 e. The van der Waals surface area contributed by atoms with Gasteiger partial charge in [-0.15, -0.1) is 0 Å². The molecule has 0 saturated carbocycles. The third kappa shape index (κ3) is 4.63. The molecule has 6 heteroatoms. The maximum atomic E-state index is 12.2. The molecule has 148 valence electrons. The Kier molecular flexibility index (Phi) is 6.53. The second-order valence-electron chi connectivity index (χ2n) is 6.91. The highest BCUT2D eigenvalue weighted by molar-refractivity contribution is 5.97. The van der Waals surface area contributed by atoms with Crippen molar-refractivity contribution in [2.24, 2.45) is 4.99 Å². The van der Waals surface area contributed by atoms with Gasteiger partial charge < -0.3 is 19.9 Å². The van der Waals surface area contributed by atoms with E-state index in [1.165, 1.54) is 11.1 Å². The monoisotopic (exact) mass is 380 g/mol. The number of hydrogen-bond acceptors (Lipinski definition) is 3. The van der Waals surface area contributed by atoms with Gasteiger partial charge in [0.2, 0.25) is 0 Å². The smallest absolute Gasteiger partial charge is 0.265 e. The van der Waals surface area contributed by atoms with Crippen molar-refractivity contribution in [2.75, 3.05) is 38.7 Å². The van der Waals surface area contributed by atoms with Crippen molar-refractivity contribution in [3.8, 4) is 5.75 Å². The first-order valence-corrected chi connectivity index (χ1v) is 9.58. The average Bonchev–Trinajstić information content (AvgIpc) is 2.71. The lowest BCUT2D eigenvalue weighted by atomic mass is 10.1. The van der Waals surface area contributed by atoms with Gasteiger partial charge in [0, 0.05) is 33.7 Å². The van der Waals surface area contributed by atoms with Crippen LogP contribution >= 0.6 is 0 Å². The van der Waals surface area contributed by atoms with Crippen LogP contribution in [0, 0.1) is 6.92 Å². The van der Waals surface area contributed by atoms with E-state index >= 15 is 0 Å². The molecule has 2 aromatic rings. The molecule has 1 N–H and O–H groups in total. The summed E-state index contributed by atoms with van der Waals surface area (Å²) in [6.07, 6.45) is 0.817. The van der Waals surface area contributed by atoms with Gasteiger partial charge in [0.05, 0.1) is 5.69 Å². The van der Waals surface area contributed by atoms with Crippen LogP contribution in [0.5, 0.6) is 5.75 Å². The molecule has 0 bridgehead atoms. The number of aryl methyl sites for hydroxylation is 1. The van der Waals surface area contributed by atoms with Crippen molar-refractivity contribution in [1.29, 1.82) is 0 Å². The van der Waals surface area contributed by atoms with E-state index in [0.717, 1.165) is 36.9 Å². The zero-order chi connectivity index (χ0) is 19.9. The topological polar surface area (TPSA) is 57.2 Å². The number of nitrogens with one attached hydrogen (secondary N) is 1. The fraction of sp³-hybridized carbons (Fsp3) is 0.364. The minimum absolute atomic E-state index is 0.000229. The summed E-state index contributed by atoms with van der Waals surface area (Å²) in [7, 11) is 3.82. The largest absolute Gasteiger partial charge is 0.482 e. The van der Waals surface area contributed by atoms with E-state index in [1.54, 1.807) is 11.9 Å². The average molecular weight is 380 g/mol. The van der Waals surface area contributed by atoms with Gasteiger partial charge in [-0.25, -0.2) is 0 Å². The predicted octanol–water partition coefficient (Wildman–Crippen LogP) is 2.82. The Balaban J connectivity index is 1.51. The van der Waals surface area contributed by atoms with Crippen molar-refractivity contribution < 1.29 is 9.53 Å². The second-order valence-corrected chi connectivity index (χ2v) is 6.91. The van der Waals surface area contributed by atoms with Gasteiger partial charge in [-0.1, -0.05) is 36.4 Å². The summed E-state index contributed by atoms with van der Waals surface area (Å²) in [6, 6.07) is 16.0. The minimum atomic E-state index is -0.000229. The summed E-state index contributed by atoms with van der Waals surface area (Å²) in [4.78, 5) is 20.5. The number of hydrogen-bond donors (Lipinski definition) is 1. The fourth-order valence-corrected chi connectivity index (χ4v) is 3.34. The number of aliphatic imine (C=N–C) groups is 1. The lowest BCUT2D eigenvalue weighted by Gasteiger charge is -2.29. The predicted molar refractivity (Wildman–Crippen MR) is 113 cm³/mol. The first-order valence-electron chi connectivity index (χ1n) is 9.58. The number of nitrogens with zero attached hydrogens (tertiary/aromatic N) is 3. The number of carbonyl (C=O) groups excluding carboxylic acids is 1. The summed E-state index contributed by atoms with van der Waals surface area (Å²) < 4.78 is 5.49. The highest BCUT2D eigenvalue weighted by atomic mass is 16.5. The molecule has 0 aliphatic carbocycles. The number of para-hydroxylation sites is 2. The van der Waals surface area contributed by atoms with Crippen LogP contribution in [0.2, 0.25) is 0 Å². The molecule has 0 radical (unpaired) electrons. The van der Waals surface area contributed by atoms with Crippen LogP contribution in [0.3, 0.4) is 0 Å². The van der Waals surface area contributed by atoms with Crippen molar-refractivity contribution in [2.45, 2.75) is 19.9 Å². The molecule has 6 nitrogen and oxygen atoms in total. The van der Waals surface area contributed by atoms with Crippen LogP contribution in [-0.2, 0) is 11.3 Å². The van der Waals surface area contributed by atoms with Gasteiger partial charge in [0.25, 0.3) is 5.91 Å². The van der Waals surface area contributed by atoms with Crippen LogP contribution in [-0.4, -0.2) is 50.6 Å². The van der Waals surface area contributed by atoms with E-state index in [2.05, 4.69) is 46.4 Å². The highest BCUT2D eigenvalue weighted by Gasteiger charge is 2.24. The lowest BCUT2D eigenvalue weighted by molar-refractivity contribution is -0.121. The first-order chi connectivity index (χ1) is 13.6. The van der Waals surface area contributed by atoms with Crippen LogP contribution in [0.1, 0.15) is 17.5 Å². The van der Waals surface area contributed by atoms with Gasteiger partial charge in [0.15, 0.2) is 12.6 Å². The van der Waals surface area contributed by atoms with E-state index in [9.17, 15) is 4.79 Å². The molecule has 1 aliphatic rings. The molecule has 28 heavy (non-hydrogen) atoms. The standard InChI is InChI=1S/C22H28N4O2/c1-17-9-4-5-10-18(17)15-25(3)22(23-2)24-13-8-14-26-19-11-6-7-12-20(19)28-16-21(26)27/h4-7,9-12H,8,13-16H2,1-3H3,(H,23,24). The van der Waals surface area contributed by atoms with E-state index < -0.39 is 0 Å². The summed E-state index contributed by atoms with van der Waals surface area (Å²) >= 11 is 0. The van der Waals surface area contributed by atoms with Gasteiger partial charge in [0.1, 0.15) is 5.75 Å². The Morgan fingerprint density at radius 2 is 1.96 bits per heavy atom. The van der Waals surface area contributed by atoms with Crippen LogP contribution in [0.25, 0.3) is 0 Å². The van der Waals surface area contributed by atoms with Crippen LogP contribution in [0.4, 0.5) is 5.69 Å². The lowest BCUT2D eigenvalue weighted by Crippen LogP contribution is -2.42. The number of benzene rings is 2. The van der Waals surface area contributed by atoms with Crippen molar-refractivity contribution >= 4 is 17.6 Å². The molecule has 1 amide bonds. The summed E-state index contributed by atoms with van der Waals surface area (Å²) in [5.41, 5.74) is 3.40. The molecule has 3 rings (SSSR count). The zero-order valence-corrected chi connectivity index (χ0v) is 16.8. The Hall–Kier alpha value is -3.02. The highest BCUT2D eigenvalue weighted by Crippen LogP contribution is 2.31. The van der Waals surface area contributed by atoms with Crippen molar-refractivity contribution in [3.63, 3.8) is 0 Å². The third-order valence-corrected chi connectivity index (χ3v) is 4.89. The van der Waals surface area contributed by atoms with Crippen molar-refractivity contribution in [1.82, 2.24) is 10.2 Å². The molecule has 2 aromatic carbocycles. The normalized spacial score (nSPS) is 13.8. The molecule has 0 fully saturated rings.